The molecule has 0 bridgehead atoms. The van der Waals surface area contributed by atoms with Crippen LogP contribution in [0.3, 0.4) is 0 Å². The summed E-state index contributed by atoms with van der Waals surface area (Å²) in [5.41, 5.74) is -1.56. The first-order chi connectivity index (χ1) is 13.6. The van der Waals surface area contributed by atoms with E-state index < -0.39 is 43.2 Å². The summed E-state index contributed by atoms with van der Waals surface area (Å²) in [6, 6.07) is 1.85. The van der Waals surface area contributed by atoms with E-state index in [0.29, 0.717) is 6.42 Å². The summed E-state index contributed by atoms with van der Waals surface area (Å²) in [6.07, 6.45) is 10.0. The van der Waals surface area contributed by atoms with Crippen LogP contribution in [-0.4, -0.2) is 33.1 Å². The third-order valence-electron chi connectivity index (χ3n) is 4.74. The molecule has 0 spiro atoms. The molecule has 2 atom stereocenters. The lowest BCUT2D eigenvalue weighted by Crippen LogP contribution is -2.33. The van der Waals surface area contributed by atoms with Crippen molar-refractivity contribution in [2.45, 2.75) is 90.9 Å². The number of rotatable bonds is 16. The number of carbonyl (C=O) groups excluding carboxylic acids is 1. The molecule has 0 N–H and O–H groups in total. The highest BCUT2D eigenvalue weighted by Crippen LogP contribution is 2.29. The van der Waals surface area contributed by atoms with Crippen LogP contribution in [0.4, 0.5) is 0 Å². The molecule has 0 heterocycles. The molecule has 168 valence electrons. The fraction of sp³-hybridized carbons (Fsp3) is 0.842. The monoisotopic (exact) mass is 466 g/mol. The van der Waals surface area contributed by atoms with E-state index >= 15 is 0 Å². The number of hydrogen-bond donors (Lipinski definition) is 0. The van der Waals surface area contributed by atoms with Crippen LogP contribution >= 0.6 is 12.2 Å². The van der Waals surface area contributed by atoms with Crippen molar-refractivity contribution in [3.05, 3.63) is 0 Å². The van der Waals surface area contributed by atoms with Crippen molar-refractivity contribution in [2.75, 3.05) is 5.75 Å². The third-order valence-corrected chi connectivity index (χ3v) is 8.11. The van der Waals surface area contributed by atoms with Crippen LogP contribution in [-0.2, 0) is 30.2 Å². The Bertz CT molecular complexity index is 687. The van der Waals surface area contributed by atoms with Crippen LogP contribution < -0.4 is 0 Å². The molecule has 29 heavy (non-hydrogen) atoms. The predicted octanol–water partition coefficient (Wildman–Crippen LogP) is 4.30. The molecule has 0 saturated heterocycles. The van der Waals surface area contributed by atoms with E-state index in [-0.39, 0.29) is 12.2 Å². The van der Waals surface area contributed by atoms with Gasteiger partial charge in [-0.15, -0.1) is 0 Å². The van der Waals surface area contributed by atoms with Gasteiger partial charge in [-0.1, -0.05) is 76.9 Å². The van der Waals surface area contributed by atoms with Gasteiger partial charge in [-0.25, -0.2) is 12.6 Å². The first kappa shape index (κ1) is 28.1. The van der Waals surface area contributed by atoms with Crippen molar-refractivity contribution in [3.63, 3.8) is 0 Å². The lowest BCUT2D eigenvalue weighted by atomic mass is 9.89. The molecule has 0 fully saturated rings. The normalized spacial score (nSPS) is 14.6. The van der Waals surface area contributed by atoms with Gasteiger partial charge in [0.05, 0.1) is 11.8 Å². The molecular formula is C19H32NO6S3-. The maximum absolute atomic E-state index is 12.5. The standard InChI is InChI=1S/C19H33NO6S3/c1-3-4-5-6-7-8-9-10-11-12-15-29(24,25)18(27)19(2,16-20)14-13-17(21)26-28(22)23/h3-15H2,1-2H3,(H,22,23)/p-1. The molecule has 0 amide bonds. The zero-order chi connectivity index (χ0) is 22.3. The SMILES string of the molecule is CCCCCCCCCCCCS(=O)(=O)C(=S)C(C)(C#N)CCC(=O)OS(=O)[O-]. The highest BCUT2D eigenvalue weighted by Gasteiger charge is 2.37. The van der Waals surface area contributed by atoms with E-state index in [1.807, 2.05) is 6.07 Å². The predicted molar refractivity (Wildman–Crippen MR) is 116 cm³/mol. The fourth-order valence-corrected chi connectivity index (χ4v) is 5.13. The van der Waals surface area contributed by atoms with Gasteiger partial charge in [0.1, 0.15) is 21.0 Å². The van der Waals surface area contributed by atoms with Crippen LogP contribution in [0.1, 0.15) is 90.9 Å². The quantitative estimate of drug-likeness (QED) is 0.187. The molecule has 0 rings (SSSR count). The number of thiocarbonyl (C=S) groups is 1. The number of carbonyl (C=O) groups is 1. The summed E-state index contributed by atoms with van der Waals surface area (Å²) in [5.74, 6) is -1.19. The molecule has 0 aliphatic heterocycles. The molecule has 0 aromatic heterocycles. The first-order valence-electron chi connectivity index (χ1n) is 10.1. The Kier molecular flexibility index (Phi) is 14.5. The number of hydrogen-bond acceptors (Lipinski definition) is 8. The Morgan fingerprint density at radius 2 is 1.59 bits per heavy atom. The van der Waals surface area contributed by atoms with Gasteiger partial charge in [0.25, 0.3) is 0 Å². The highest BCUT2D eigenvalue weighted by molar-refractivity contribution is 8.17. The van der Waals surface area contributed by atoms with Gasteiger partial charge in [0, 0.05) is 6.42 Å². The molecule has 0 aliphatic rings. The molecule has 0 saturated carbocycles. The van der Waals surface area contributed by atoms with Crippen LogP contribution in [0.25, 0.3) is 0 Å². The van der Waals surface area contributed by atoms with Gasteiger partial charge in [0.15, 0.2) is 9.84 Å². The maximum Gasteiger partial charge on any atom is 0.319 e. The van der Waals surface area contributed by atoms with Gasteiger partial charge < -0.3 is 8.74 Å². The summed E-state index contributed by atoms with van der Waals surface area (Å²) in [5, 5.41) is 9.38. The Balaban J connectivity index is 4.34. The van der Waals surface area contributed by atoms with Crippen molar-refractivity contribution in [3.8, 4) is 6.07 Å². The van der Waals surface area contributed by atoms with Crippen molar-refractivity contribution in [1.29, 1.82) is 5.26 Å². The summed E-state index contributed by atoms with van der Waals surface area (Å²) in [4.78, 5) is 11.3. The summed E-state index contributed by atoms with van der Waals surface area (Å²) < 4.78 is 49.2. The minimum Gasteiger partial charge on any atom is -0.740 e. The molecule has 10 heteroatoms. The largest absolute Gasteiger partial charge is 0.740 e. The molecule has 0 aromatic carbocycles. The second-order valence-electron chi connectivity index (χ2n) is 7.39. The van der Waals surface area contributed by atoms with Crippen molar-refractivity contribution in [2.24, 2.45) is 5.41 Å². The van der Waals surface area contributed by atoms with Gasteiger partial charge in [0.2, 0.25) is 0 Å². The van der Waals surface area contributed by atoms with Crippen LogP contribution in [0.2, 0.25) is 0 Å². The van der Waals surface area contributed by atoms with Gasteiger partial charge in [-0.2, -0.15) is 5.26 Å². The van der Waals surface area contributed by atoms with E-state index in [9.17, 15) is 27.2 Å². The van der Waals surface area contributed by atoms with E-state index in [2.05, 4.69) is 11.1 Å². The van der Waals surface area contributed by atoms with Crippen LogP contribution in [0, 0.1) is 16.7 Å². The average molecular weight is 467 g/mol. The van der Waals surface area contributed by atoms with E-state index in [0.717, 1.165) is 25.7 Å². The Morgan fingerprint density at radius 3 is 2.03 bits per heavy atom. The zero-order valence-electron chi connectivity index (χ0n) is 17.3. The number of nitrogens with zero attached hydrogens (tertiary/aromatic N) is 1. The van der Waals surface area contributed by atoms with E-state index in [1.165, 1.54) is 39.0 Å². The minimum atomic E-state index is -3.77. The number of unbranched alkanes of at least 4 members (excludes halogenated alkanes) is 9. The number of nitriles is 1. The van der Waals surface area contributed by atoms with Crippen molar-refractivity contribution < 1.29 is 26.2 Å². The van der Waals surface area contributed by atoms with Crippen molar-refractivity contribution >= 4 is 43.6 Å². The van der Waals surface area contributed by atoms with Gasteiger partial charge in [-0.05, 0) is 19.8 Å². The third kappa shape index (κ3) is 12.4. The van der Waals surface area contributed by atoms with E-state index in [4.69, 9.17) is 12.2 Å². The summed E-state index contributed by atoms with van der Waals surface area (Å²) in [6.45, 7) is 3.53. The van der Waals surface area contributed by atoms with Gasteiger partial charge >= 0.3 is 5.97 Å². The maximum atomic E-state index is 12.5. The number of sulfone groups is 1. The highest BCUT2D eigenvalue weighted by atomic mass is 32.2. The lowest BCUT2D eigenvalue weighted by Gasteiger charge is -2.22. The topological polar surface area (TPSA) is 124 Å². The molecule has 2 unspecified atom stereocenters. The smallest absolute Gasteiger partial charge is 0.319 e. The Morgan fingerprint density at radius 1 is 1.10 bits per heavy atom. The van der Waals surface area contributed by atoms with Gasteiger partial charge in [-0.3, -0.25) is 4.79 Å². The molecule has 0 aliphatic carbocycles. The summed E-state index contributed by atoms with van der Waals surface area (Å²) >= 11 is 2.05. The Hall–Kier alpha value is -0.890. The van der Waals surface area contributed by atoms with Crippen molar-refractivity contribution in [1.82, 2.24) is 0 Å². The zero-order valence-corrected chi connectivity index (χ0v) is 19.8. The molecule has 0 radical (unpaired) electrons. The fourth-order valence-electron chi connectivity index (χ4n) is 2.89. The van der Waals surface area contributed by atoms with Crippen LogP contribution in [0.15, 0.2) is 0 Å². The second kappa shape index (κ2) is 15.0. The lowest BCUT2D eigenvalue weighted by molar-refractivity contribution is -0.134. The average Bonchev–Trinajstić information content (AvgIpc) is 2.66. The molecule has 7 nitrogen and oxygen atoms in total. The summed E-state index contributed by atoms with van der Waals surface area (Å²) in [7, 11) is -3.77. The Labute approximate surface area is 183 Å². The van der Waals surface area contributed by atoms with Crippen LogP contribution in [0.5, 0.6) is 0 Å². The van der Waals surface area contributed by atoms with E-state index in [1.54, 1.807) is 0 Å². The minimum absolute atomic E-state index is 0.130. The second-order valence-corrected chi connectivity index (χ2v) is 10.7. The molecular weight excluding hydrogens is 434 g/mol. The first-order valence-corrected chi connectivity index (χ1v) is 13.1. The molecule has 0 aromatic rings.